The molecule has 2 saturated heterocycles. The highest BCUT2D eigenvalue weighted by atomic mass is 32.2. The quantitative estimate of drug-likeness (QED) is 0.739. The molecule has 2 aromatic rings. The summed E-state index contributed by atoms with van der Waals surface area (Å²) >= 11 is 0. The van der Waals surface area contributed by atoms with E-state index < -0.39 is 10.1 Å². The molecule has 0 aromatic heterocycles. The molecule has 0 N–H and O–H groups in total. The van der Waals surface area contributed by atoms with Gasteiger partial charge in [-0.1, -0.05) is 48.0 Å². The van der Waals surface area contributed by atoms with Crippen LogP contribution in [0.4, 0.5) is 0 Å². The SMILES string of the molecule is Cc1ccc(S(=O)(=O)OCC23CCC(c4ccccc4)(CC2)OC3)cc1. The average Bonchev–Trinajstić information content (AvgIpc) is 2.69. The maximum Gasteiger partial charge on any atom is 0.296 e. The van der Waals surface area contributed by atoms with Crippen molar-refractivity contribution in [3.05, 3.63) is 65.7 Å². The molecule has 0 unspecified atom stereocenters. The van der Waals surface area contributed by atoms with E-state index in [4.69, 9.17) is 8.92 Å². The first-order chi connectivity index (χ1) is 12.4. The Morgan fingerprint density at radius 3 is 2.19 bits per heavy atom. The fourth-order valence-corrected chi connectivity index (χ4v) is 5.05. The highest BCUT2D eigenvalue weighted by molar-refractivity contribution is 7.86. The van der Waals surface area contributed by atoms with Gasteiger partial charge in [-0.25, -0.2) is 0 Å². The molecule has 26 heavy (non-hydrogen) atoms. The fraction of sp³-hybridized carbons (Fsp3) is 0.429. The van der Waals surface area contributed by atoms with E-state index in [-0.39, 0.29) is 22.5 Å². The van der Waals surface area contributed by atoms with E-state index in [2.05, 4.69) is 12.1 Å². The van der Waals surface area contributed by atoms with Crippen LogP contribution in [0.3, 0.4) is 0 Å². The van der Waals surface area contributed by atoms with Gasteiger partial charge in [-0.2, -0.15) is 8.42 Å². The van der Waals surface area contributed by atoms with Crippen molar-refractivity contribution >= 4 is 10.1 Å². The lowest BCUT2D eigenvalue weighted by Crippen LogP contribution is -2.51. The van der Waals surface area contributed by atoms with E-state index in [1.807, 2.05) is 25.1 Å². The summed E-state index contributed by atoms with van der Waals surface area (Å²) in [6.07, 6.45) is 3.66. The normalized spacial score (nSPS) is 28.2. The van der Waals surface area contributed by atoms with Gasteiger partial charge in [-0.3, -0.25) is 4.18 Å². The van der Waals surface area contributed by atoms with Crippen molar-refractivity contribution in [2.75, 3.05) is 13.2 Å². The van der Waals surface area contributed by atoms with Gasteiger partial charge in [0.25, 0.3) is 10.1 Å². The lowest BCUT2D eigenvalue weighted by Gasteiger charge is -2.53. The van der Waals surface area contributed by atoms with Gasteiger partial charge in [0, 0.05) is 5.41 Å². The second-order valence-electron chi connectivity index (χ2n) is 7.68. The molecular weight excluding hydrogens is 348 g/mol. The molecular formula is C21H24O4S. The minimum Gasteiger partial charge on any atom is -0.370 e. The van der Waals surface area contributed by atoms with Crippen LogP contribution < -0.4 is 0 Å². The lowest BCUT2D eigenvalue weighted by molar-refractivity contribution is -0.197. The van der Waals surface area contributed by atoms with Crippen molar-refractivity contribution in [3.63, 3.8) is 0 Å². The Hall–Kier alpha value is -1.69. The van der Waals surface area contributed by atoms with Gasteiger partial charge in [-0.05, 0) is 50.3 Å². The molecule has 138 valence electrons. The first kappa shape index (κ1) is 17.7. The maximum absolute atomic E-state index is 12.5. The van der Waals surface area contributed by atoms with Crippen molar-refractivity contribution in [3.8, 4) is 0 Å². The molecule has 0 spiro atoms. The molecule has 1 saturated carbocycles. The molecule has 4 nitrogen and oxygen atoms in total. The van der Waals surface area contributed by atoms with Crippen LogP contribution in [0.2, 0.25) is 0 Å². The summed E-state index contributed by atoms with van der Waals surface area (Å²) in [7, 11) is -3.73. The van der Waals surface area contributed by atoms with E-state index in [9.17, 15) is 8.42 Å². The standard InChI is InChI=1S/C21H24O4S/c1-17-7-9-19(10-8-17)26(22,23)25-16-20-11-13-21(14-12-20,24-15-20)18-5-3-2-4-6-18/h2-10H,11-16H2,1H3. The number of benzene rings is 2. The topological polar surface area (TPSA) is 52.6 Å². The van der Waals surface area contributed by atoms with Crippen molar-refractivity contribution in [1.29, 1.82) is 0 Å². The Bertz CT molecular complexity index is 847. The van der Waals surface area contributed by atoms with Crippen molar-refractivity contribution in [2.45, 2.75) is 43.1 Å². The van der Waals surface area contributed by atoms with Crippen LogP contribution in [0.15, 0.2) is 59.5 Å². The Balaban J connectivity index is 1.44. The molecule has 0 atom stereocenters. The molecule has 2 bridgehead atoms. The van der Waals surface area contributed by atoms with Crippen LogP contribution in [-0.2, 0) is 24.6 Å². The zero-order valence-corrected chi connectivity index (χ0v) is 15.8. The number of hydrogen-bond acceptors (Lipinski definition) is 4. The van der Waals surface area contributed by atoms with Crippen molar-refractivity contribution in [2.24, 2.45) is 5.41 Å². The Labute approximate surface area is 155 Å². The van der Waals surface area contributed by atoms with Gasteiger partial charge in [0.2, 0.25) is 0 Å². The largest absolute Gasteiger partial charge is 0.370 e. The summed E-state index contributed by atoms with van der Waals surface area (Å²) in [6, 6.07) is 17.1. The van der Waals surface area contributed by atoms with Crippen LogP contribution in [0.5, 0.6) is 0 Å². The number of hydrogen-bond donors (Lipinski definition) is 0. The molecule has 1 aliphatic carbocycles. The Morgan fingerprint density at radius 2 is 1.62 bits per heavy atom. The molecule has 3 fully saturated rings. The summed E-state index contributed by atoms with van der Waals surface area (Å²) in [6.45, 7) is 2.66. The lowest BCUT2D eigenvalue weighted by atomic mass is 9.64. The predicted octanol–water partition coefficient (Wildman–Crippen LogP) is 4.19. The van der Waals surface area contributed by atoms with E-state index in [1.54, 1.807) is 24.3 Å². The zero-order valence-electron chi connectivity index (χ0n) is 15.0. The number of rotatable bonds is 5. The zero-order chi connectivity index (χ0) is 18.3. The van der Waals surface area contributed by atoms with Crippen LogP contribution in [0.25, 0.3) is 0 Å². The monoisotopic (exact) mass is 372 g/mol. The molecule has 2 aromatic carbocycles. The summed E-state index contributed by atoms with van der Waals surface area (Å²) in [5, 5.41) is 0. The fourth-order valence-electron chi connectivity index (χ4n) is 4.04. The molecule has 5 heteroatoms. The van der Waals surface area contributed by atoms with Crippen molar-refractivity contribution in [1.82, 2.24) is 0 Å². The second-order valence-corrected chi connectivity index (χ2v) is 9.29. The van der Waals surface area contributed by atoms with Crippen LogP contribution >= 0.6 is 0 Å². The highest BCUT2D eigenvalue weighted by Crippen LogP contribution is 2.53. The first-order valence-electron chi connectivity index (χ1n) is 9.09. The summed E-state index contributed by atoms with van der Waals surface area (Å²) in [5.41, 5.74) is 1.84. The number of ether oxygens (including phenoxy) is 1. The minimum atomic E-state index is -3.73. The summed E-state index contributed by atoms with van der Waals surface area (Å²) in [5.74, 6) is 0. The van der Waals surface area contributed by atoms with Crippen LogP contribution in [0.1, 0.15) is 36.8 Å². The van der Waals surface area contributed by atoms with Crippen molar-refractivity contribution < 1.29 is 17.3 Å². The van der Waals surface area contributed by atoms with Crippen LogP contribution in [-0.4, -0.2) is 21.6 Å². The molecule has 3 aliphatic rings. The first-order valence-corrected chi connectivity index (χ1v) is 10.5. The van der Waals surface area contributed by atoms with Gasteiger partial charge in [0.1, 0.15) is 0 Å². The van der Waals surface area contributed by atoms with Gasteiger partial charge < -0.3 is 4.74 Å². The van der Waals surface area contributed by atoms with E-state index in [1.165, 1.54) is 5.56 Å². The van der Waals surface area contributed by atoms with Gasteiger partial charge in [0.05, 0.1) is 23.7 Å². The third-order valence-corrected chi connectivity index (χ3v) is 7.18. The van der Waals surface area contributed by atoms with E-state index in [0.29, 0.717) is 6.61 Å². The number of aryl methyl sites for hydroxylation is 1. The summed E-state index contributed by atoms with van der Waals surface area (Å²) in [4.78, 5) is 0.214. The smallest absolute Gasteiger partial charge is 0.296 e. The molecule has 5 rings (SSSR count). The average molecular weight is 372 g/mol. The Kier molecular flexibility index (Phi) is 4.41. The van der Waals surface area contributed by atoms with E-state index in [0.717, 1.165) is 31.2 Å². The molecule has 0 amide bonds. The molecule has 2 heterocycles. The second kappa shape index (κ2) is 6.48. The van der Waals surface area contributed by atoms with Gasteiger partial charge >= 0.3 is 0 Å². The molecule has 2 aliphatic heterocycles. The maximum atomic E-state index is 12.5. The molecule has 0 radical (unpaired) electrons. The third kappa shape index (κ3) is 3.20. The Morgan fingerprint density at radius 1 is 0.962 bits per heavy atom. The number of fused-ring (bicyclic) bond motifs is 3. The van der Waals surface area contributed by atoms with Crippen LogP contribution in [0, 0.1) is 12.3 Å². The summed E-state index contributed by atoms with van der Waals surface area (Å²) < 4.78 is 36.7. The van der Waals surface area contributed by atoms with E-state index >= 15 is 0 Å². The minimum absolute atomic E-state index is 0.189. The highest BCUT2D eigenvalue weighted by Gasteiger charge is 2.51. The predicted molar refractivity (Wildman–Crippen MR) is 99.3 cm³/mol. The van der Waals surface area contributed by atoms with Gasteiger partial charge in [-0.15, -0.1) is 0 Å². The third-order valence-electron chi connectivity index (χ3n) is 5.90. The van der Waals surface area contributed by atoms with Gasteiger partial charge in [0.15, 0.2) is 0 Å².